The van der Waals surface area contributed by atoms with Crippen LogP contribution in [0.15, 0.2) is 32.8 Å². The topological polar surface area (TPSA) is 61.2 Å². The first-order valence-electron chi connectivity index (χ1n) is 7.37. The van der Waals surface area contributed by atoms with Gasteiger partial charge in [-0.2, -0.15) is 0 Å². The number of carbonyl (C=O) groups is 1. The number of hydrogen-bond donors (Lipinski definition) is 0. The molecule has 0 radical (unpaired) electrons. The second-order valence-electron chi connectivity index (χ2n) is 5.03. The minimum Gasteiger partial charge on any atom is -0.468 e. The minimum absolute atomic E-state index is 0.0632. The second-order valence-corrected chi connectivity index (χ2v) is 8.15. The largest absolute Gasteiger partial charge is 0.468 e. The highest BCUT2D eigenvalue weighted by molar-refractivity contribution is 8.00. The molecule has 0 fully saturated rings. The summed E-state index contributed by atoms with van der Waals surface area (Å²) in [7, 11) is 1.36. The second kappa shape index (κ2) is 7.08. The number of thioether (sulfide) groups is 1. The Morgan fingerprint density at radius 3 is 2.88 bits per heavy atom. The quantitative estimate of drug-likeness (QED) is 0.382. The lowest BCUT2D eigenvalue weighted by Crippen LogP contribution is -2.24. The van der Waals surface area contributed by atoms with Gasteiger partial charge in [-0.1, -0.05) is 17.8 Å². The molecule has 0 saturated carbocycles. The van der Waals surface area contributed by atoms with Gasteiger partial charge in [0.05, 0.1) is 12.5 Å². The summed E-state index contributed by atoms with van der Waals surface area (Å²) in [6.45, 7) is 4.15. The Kier molecular flexibility index (Phi) is 5.07. The maximum absolute atomic E-state index is 13.0. The Labute approximate surface area is 151 Å². The summed E-state index contributed by atoms with van der Waals surface area (Å²) >= 11 is 4.31. The summed E-state index contributed by atoms with van der Waals surface area (Å²) in [6.07, 6.45) is 0. The third-order valence-electron chi connectivity index (χ3n) is 3.58. The van der Waals surface area contributed by atoms with Crippen LogP contribution in [0.4, 0.5) is 0 Å². The lowest BCUT2D eigenvalue weighted by molar-refractivity contribution is -0.139. The molecule has 3 heterocycles. The molecule has 0 aliphatic heterocycles. The SMILES string of the molecule is CCn1c(SC(C)C(=O)OC)nc2scc(-c3cccs3)c2c1=O. The van der Waals surface area contributed by atoms with Gasteiger partial charge in [0, 0.05) is 22.4 Å². The van der Waals surface area contributed by atoms with Crippen molar-refractivity contribution in [1.82, 2.24) is 9.55 Å². The molecule has 24 heavy (non-hydrogen) atoms. The summed E-state index contributed by atoms with van der Waals surface area (Å²) in [5.74, 6) is -0.331. The highest BCUT2D eigenvalue weighted by Gasteiger charge is 2.21. The fraction of sp³-hybridized carbons (Fsp3) is 0.312. The van der Waals surface area contributed by atoms with E-state index in [1.807, 2.05) is 29.8 Å². The van der Waals surface area contributed by atoms with Crippen LogP contribution in [0.1, 0.15) is 13.8 Å². The number of methoxy groups -OCH3 is 1. The molecular formula is C16H16N2O3S3. The fourth-order valence-electron chi connectivity index (χ4n) is 2.36. The summed E-state index contributed by atoms with van der Waals surface area (Å²) in [4.78, 5) is 31.1. The predicted octanol–water partition coefficient (Wildman–Crippen LogP) is 3.86. The number of fused-ring (bicyclic) bond motifs is 1. The Bertz CT molecular complexity index is 928. The van der Waals surface area contributed by atoms with E-state index in [4.69, 9.17) is 4.74 Å². The maximum atomic E-state index is 13.0. The van der Waals surface area contributed by atoms with Gasteiger partial charge in [-0.3, -0.25) is 14.2 Å². The van der Waals surface area contributed by atoms with Crippen molar-refractivity contribution < 1.29 is 9.53 Å². The van der Waals surface area contributed by atoms with Gasteiger partial charge in [0.15, 0.2) is 5.16 Å². The Morgan fingerprint density at radius 1 is 1.46 bits per heavy atom. The van der Waals surface area contributed by atoms with Crippen LogP contribution in [0, 0.1) is 0 Å². The highest BCUT2D eigenvalue weighted by Crippen LogP contribution is 2.35. The zero-order valence-corrected chi connectivity index (χ0v) is 15.9. The number of hydrogen-bond acceptors (Lipinski definition) is 7. The molecule has 126 valence electrons. The third-order valence-corrected chi connectivity index (χ3v) is 6.42. The average molecular weight is 381 g/mol. The average Bonchev–Trinajstić information content (AvgIpc) is 3.23. The van der Waals surface area contributed by atoms with E-state index in [1.54, 1.807) is 22.8 Å². The normalized spacial score (nSPS) is 12.5. The van der Waals surface area contributed by atoms with Crippen molar-refractivity contribution in [1.29, 1.82) is 0 Å². The highest BCUT2D eigenvalue weighted by atomic mass is 32.2. The molecule has 0 bridgehead atoms. The van der Waals surface area contributed by atoms with Crippen LogP contribution < -0.4 is 5.56 Å². The lowest BCUT2D eigenvalue weighted by Gasteiger charge is -2.13. The van der Waals surface area contributed by atoms with Gasteiger partial charge in [0.25, 0.3) is 5.56 Å². The zero-order valence-electron chi connectivity index (χ0n) is 13.4. The van der Waals surface area contributed by atoms with Crippen LogP contribution in [-0.4, -0.2) is 27.9 Å². The van der Waals surface area contributed by atoms with Crippen molar-refractivity contribution in [2.45, 2.75) is 30.8 Å². The Morgan fingerprint density at radius 2 is 2.25 bits per heavy atom. The number of esters is 1. The van der Waals surface area contributed by atoms with Crippen molar-refractivity contribution >= 4 is 50.6 Å². The Hall–Kier alpha value is -1.64. The molecule has 3 aromatic rings. The van der Waals surface area contributed by atoms with Crippen molar-refractivity contribution in [3.63, 3.8) is 0 Å². The molecule has 3 aromatic heterocycles. The molecule has 0 aliphatic carbocycles. The summed E-state index contributed by atoms with van der Waals surface area (Å²) in [6, 6.07) is 3.97. The van der Waals surface area contributed by atoms with Gasteiger partial charge in [0.1, 0.15) is 10.1 Å². The first-order valence-corrected chi connectivity index (χ1v) is 10.0. The molecule has 0 spiro atoms. The molecular weight excluding hydrogens is 364 g/mol. The molecule has 1 unspecified atom stereocenters. The van der Waals surface area contributed by atoms with Crippen molar-refractivity contribution in [2.75, 3.05) is 7.11 Å². The van der Waals surface area contributed by atoms with Crippen LogP contribution >= 0.6 is 34.4 Å². The predicted molar refractivity (Wildman–Crippen MR) is 100 cm³/mol. The van der Waals surface area contributed by atoms with Crippen molar-refractivity contribution in [3.05, 3.63) is 33.2 Å². The van der Waals surface area contributed by atoms with Gasteiger partial charge in [-0.15, -0.1) is 22.7 Å². The van der Waals surface area contributed by atoms with E-state index >= 15 is 0 Å². The molecule has 0 aromatic carbocycles. The Balaban J connectivity index is 2.13. The summed E-state index contributed by atoms with van der Waals surface area (Å²) < 4.78 is 6.38. The summed E-state index contributed by atoms with van der Waals surface area (Å²) in [5.41, 5.74) is 0.869. The smallest absolute Gasteiger partial charge is 0.318 e. The third kappa shape index (κ3) is 3.01. The number of nitrogens with zero attached hydrogens (tertiary/aromatic N) is 2. The monoisotopic (exact) mass is 380 g/mol. The van der Waals surface area contributed by atoms with Crippen LogP contribution in [-0.2, 0) is 16.1 Å². The minimum atomic E-state index is -0.422. The van der Waals surface area contributed by atoms with Crippen LogP contribution in [0.5, 0.6) is 0 Å². The van der Waals surface area contributed by atoms with Gasteiger partial charge in [0.2, 0.25) is 0 Å². The van der Waals surface area contributed by atoms with Gasteiger partial charge in [-0.25, -0.2) is 4.98 Å². The molecule has 5 nitrogen and oxygen atoms in total. The summed E-state index contributed by atoms with van der Waals surface area (Å²) in [5, 5.41) is 4.75. The van der Waals surface area contributed by atoms with Gasteiger partial charge >= 0.3 is 5.97 Å². The number of rotatable bonds is 5. The molecule has 0 N–H and O–H groups in total. The van der Waals surface area contributed by atoms with Gasteiger partial charge < -0.3 is 4.74 Å². The number of aromatic nitrogens is 2. The van der Waals surface area contributed by atoms with Crippen molar-refractivity contribution in [2.24, 2.45) is 0 Å². The van der Waals surface area contributed by atoms with E-state index in [-0.39, 0.29) is 11.5 Å². The van der Waals surface area contributed by atoms with Crippen LogP contribution in [0.3, 0.4) is 0 Å². The van der Waals surface area contributed by atoms with E-state index in [9.17, 15) is 9.59 Å². The number of thiophene rings is 2. The fourth-order valence-corrected chi connectivity index (χ4v) is 5.16. The van der Waals surface area contributed by atoms with Crippen LogP contribution in [0.25, 0.3) is 20.7 Å². The first-order chi connectivity index (χ1) is 11.6. The zero-order chi connectivity index (χ0) is 17.3. The molecule has 0 aliphatic rings. The van der Waals surface area contributed by atoms with Crippen LogP contribution in [0.2, 0.25) is 0 Å². The van der Waals surface area contributed by atoms with E-state index in [2.05, 4.69) is 4.98 Å². The lowest BCUT2D eigenvalue weighted by atomic mass is 10.2. The van der Waals surface area contributed by atoms with E-state index in [1.165, 1.54) is 30.2 Å². The molecule has 0 saturated heterocycles. The molecule has 8 heteroatoms. The standard InChI is InChI=1S/C16H16N2O3S3/c1-4-18-14(19)12-10(11-6-5-7-22-11)8-23-13(12)17-16(18)24-9(2)15(20)21-3/h5-9H,4H2,1-3H3. The van der Waals surface area contributed by atoms with E-state index in [0.29, 0.717) is 21.9 Å². The molecule has 1 atom stereocenters. The van der Waals surface area contributed by atoms with Gasteiger partial charge in [-0.05, 0) is 25.3 Å². The van der Waals surface area contributed by atoms with Crippen molar-refractivity contribution in [3.8, 4) is 10.4 Å². The first kappa shape index (κ1) is 17.2. The molecule has 3 rings (SSSR count). The maximum Gasteiger partial charge on any atom is 0.318 e. The molecule has 0 amide bonds. The van der Waals surface area contributed by atoms with E-state index in [0.717, 1.165) is 10.4 Å². The number of carbonyl (C=O) groups excluding carboxylic acids is 1. The van der Waals surface area contributed by atoms with E-state index < -0.39 is 5.25 Å². The number of ether oxygens (including phenoxy) is 1.